The van der Waals surface area contributed by atoms with E-state index >= 15 is 0 Å². The highest BCUT2D eigenvalue weighted by molar-refractivity contribution is 6.24. The lowest BCUT2D eigenvalue weighted by atomic mass is 9.86. The van der Waals surface area contributed by atoms with Gasteiger partial charge in [0.25, 0.3) is 0 Å². The van der Waals surface area contributed by atoms with Crippen molar-refractivity contribution in [1.29, 1.82) is 0 Å². The zero-order valence-electron chi connectivity index (χ0n) is 90.8. The Hall–Kier alpha value is -10.8. The van der Waals surface area contributed by atoms with E-state index in [-0.39, 0.29) is 0 Å². The first-order valence-electron chi connectivity index (χ1n) is 49.1. The maximum atomic E-state index is 9.66. The first-order valence-corrected chi connectivity index (χ1v) is 24.1. The minimum Gasteiger partial charge on any atom is -0.456 e. The summed E-state index contributed by atoms with van der Waals surface area (Å²) in [6.45, 7) is 0. The van der Waals surface area contributed by atoms with Crippen LogP contribution in [0.25, 0.3) is 165 Å². The lowest BCUT2D eigenvalue weighted by molar-refractivity contribution is 0.669. The van der Waals surface area contributed by atoms with Gasteiger partial charge in [-0.1, -0.05) is 254 Å². The van der Waals surface area contributed by atoms with Crippen LogP contribution in [0.4, 0.5) is 0 Å². The molecule has 17 aromatic rings. The van der Waals surface area contributed by atoms with E-state index < -0.39 is 467 Å². The fourth-order valence-electron chi connectivity index (χ4n) is 9.65. The van der Waals surface area contributed by atoms with Crippen molar-refractivity contribution in [3.05, 3.63) is 302 Å². The largest absolute Gasteiger partial charge is 0.456 e. The first-order chi connectivity index (χ1) is 61.5. The van der Waals surface area contributed by atoms with Crippen LogP contribution in [0.1, 0.15) is 68.5 Å². The second-order valence-electron chi connectivity index (χ2n) is 17.5. The third-order valence-corrected chi connectivity index (χ3v) is 13.1. The van der Waals surface area contributed by atoms with Gasteiger partial charge in [-0.3, -0.25) is 0 Å². The van der Waals surface area contributed by atoms with Crippen LogP contribution in [0.5, 0.6) is 0 Å². The molecule has 0 saturated carbocycles. The van der Waals surface area contributed by atoms with Crippen molar-refractivity contribution < 1.29 is 77.4 Å². The van der Waals surface area contributed by atoms with Crippen molar-refractivity contribution >= 4 is 97.7 Å². The summed E-state index contributed by atoms with van der Waals surface area (Å²) < 4.78 is 453. The molecule has 0 N–H and O–H groups in total. The third kappa shape index (κ3) is 7.87. The summed E-state index contributed by atoms with van der Waals surface area (Å²) in [6, 6.07) is -43.7. The van der Waals surface area contributed by atoms with Gasteiger partial charge in [-0.05, 0) is 169 Å². The molecule has 382 valence electrons. The molecule has 0 atom stereocenters. The Bertz CT molecular complexity index is 8180. The zero-order chi connectivity index (χ0) is 97.6. The number of rotatable bonds is 6. The molecule has 0 aliphatic heterocycles. The number of hydrogen-bond acceptors (Lipinski definition) is 2. The van der Waals surface area contributed by atoms with Crippen molar-refractivity contribution in [3.63, 3.8) is 0 Å². The highest BCUT2D eigenvalue weighted by Gasteiger charge is 2.20. The van der Waals surface area contributed by atoms with Gasteiger partial charge in [-0.15, -0.1) is 0 Å². The first kappa shape index (κ1) is 18.9. The Morgan fingerprint density at radius 2 is 0.463 bits per heavy atom. The van der Waals surface area contributed by atoms with Gasteiger partial charge in [0, 0.05) is 21.5 Å². The van der Waals surface area contributed by atoms with Crippen molar-refractivity contribution in [2.45, 2.75) is 0 Å². The fourth-order valence-corrected chi connectivity index (χ4v) is 9.65. The fraction of sp³-hybridized carbons (Fsp3) is 0. The van der Waals surface area contributed by atoms with Crippen molar-refractivity contribution in [3.8, 4) is 66.8 Å². The molecule has 0 bridgehead atoms. The Labute approximate surface area is 544 Å². The molecule has 2 heterocycles. The zero-order valence-corrected chi connectivity index (χ0v) is 40.8. The molecule has 2 heteroatoms. The molecular weight excluding hydrogens is 993 g/mol. The maximum Gasteiger partial charge on any atom is 0.136 e. The third-order valence-electron chi connectivity index (χ3n) is 13.1. The molecule has 0 amide bonds. The average Bonchev–Trinajstić information content (AvgIpc) is 0.770. The van der Waals surface area contributed by atoms with Crippen LogP contribution in [0, 0.1) is 0 Å². The van der Waals surface area contributed by atoms with Crippen LogP contribution < -0.4 is 0 Å². The van der Waals surface area contributed by atoms with Gasteiger partial charge < -0.3 is 8.83 Å². The standard InChI is InChI=1S/C42H26O.C38H24O/c1-2-12-28(13-3-1)41-35-16-6-8-18-37(35)42(38-19-9-7-17-36(38)41)30-22-24-34-33-23-21-29(25-39(33)43-40(34)26-30)32-20-10-14-27-11-4-5-15-31(27)32;1-3-11-25(12-4-1)27-19-21-29-30-22-20-28(24-36(30)39-35(29)23-27)38-33-17-9-7-15-31(33)37(26-13-5-2-6-14-26)32-16-8-10-18-34(32)38/h1-26H;1-24H/i1D,2D,3D,4D,5D,6D,7D,8D,9D,10D,11D,12D,13D,14D,15D,16D,17D,18D,19D,20D,21D,22D,23D,24D,25D,26D;1D,2D,3D,4D,5D,6D,7D,8D,9D,10D,11D,12D,13D,14D,15D,16D,17D,18D,19D,20D,21D,22D,23D,24D. The Morgan fingerprint density at radius 1 is 0.183 bits per heavy atom. The van der Waals surface area contributed by atoms with E-state index in [9.17, 15) is 19.2 Å². The van der Waals surface area contributed by atoms with Gasteiger partial charge in [-0.25, -0.2) is 0 Å². The predicted octanol–water partition coefficient (Wildman–Crippen LogP) is 22.9. The summed E-state index contributed by atoms with van der Waals surface area (Å²) in [5.41, 5.74) is -10.6. The highest BCUT2D eigenvalue weighted by Crippen LogP contribution is 2.47. The van der Waals surface area contributed by atoms with E-state index in [4.69, 9.17) is 58.2 Å². The van der Waals surface area contributed by atoms with Gasteiger partial charge in [-0.2, -0.15) is 0 Å². The second kappa shape index (κ2) is 19.5. The van der Waals surface area contributed by atoms with E-state index in [1.807, 2.05) is 0 Å². The molecule has 17 rings (SSSR count). The van der Waals surface area contributed by atoms with Crippen LogP contribution in [-0.2, 0) is 0 Å². The maximum absolute atomic E-state index is 9.66. The van der Waals surface area contributed by atoms with Crippen LogP contribution >= 0.6 is 0 Å². The van der Waals surface area contributed by atoms with Crippen LogP contribution in [0.3, 0.4) is 0 Å². The summed E-state index contributed by atoms with van der Waals surface area (Å²) in [6.07, 6.45) is 0. The van der Waals surface area contributed by atoms with Crippen molar-refractivity contribution in [1.82, 2.24) is 0 Å². The number of fused-ring (bicyclic) bond motifs is 11. The highest BCUT2D eigenvalue weighted by atomic mass is 16.3. The molecule has 82 heavy (non-hydrogen) atoms. The van der Waals surface area contributed by atoms with E-state index in [0.717, 1.165) is 0 Å². The molecule has 0 radical (unpaired) electrons. The van der Waals surface area contributed by atoms with Crippen LogP contribution in [0.15, 0.2) is 311 Å². The Morgan fingerprint density at radius 3 is 0.866 bits per heavy atom. The number of benzene rings is 15. The minimum atomic E-state index is -0.963. The molecule has 0 aliphatic rings. The van der Waals surface area contributed by atoms with Gasteiger partial charge in [0.15, 0.2) is 0 Å². The quantitative estimate of drug-likeness (QED) is 0.155. The molecule has 0 spiro atoms. The number of hydrogen-bond donors (Lipinski definition) is 0. The lowest BCUT2D eigenvalue weighted by Gasteiger charge is -2.17. The summed E-state index contributed by atoms with van der Waals surface area (Å²) in [5, 5.41) is -8.20. The molecule has 2 aromatic heterocycles. The Kier molecular flexibility index (Phi) is 4.50. The predicted molar refractivity (Wildman–Crippen MR) is 348 cm³/mol. The summed E-state index contributed by atoms with van der Waals surface area (Å²) in [4.78, 5) is 0. The van der Waals surface area contributed by atoms with Crippen LogP contribution in [-0.4, -0.2) is 0 Å². The molecule has 0 unspecified atom stereocenters. The minimum absolute atomic E-state index is 0.454. The molecular formula is C80H50O2. The molecule has 0 fully saturated rings. The van der Waals surface area contributed by atoms with E-state index in [1.165, 1.54) is 0 Å². The van der Waals surface area contributed by atoms with Gasteiger partial charge >= 0.3 is 0 Å². The van der Waals surface area contributed by atoms with Crippen molar-refractivity contribution in [2.24, 2.45) is 0 Å². The van der Waals surface area contributed by atoms with Gasteiger partial charge in [0.05, 0.1) is 68.5 Å². The normalized spacial score (nSPS) is 20.2. The SMILES string of the molecule is [2H]c1c([2H])c([2H])c(-c2c([2H])c([2H])c3c(oc4c([2H])c(-c5c6c([2H])c([2H])c([2H])c([2H])c6c(-c6c([2H])c([2H])c([2H])c([2H])c6[2H])c6c([2H])c([2H])c([2H])c([2H])c56)c([2H])c([2H])c43)c2[2H])c([2H])c1[2H].[2H]c1c([2H])c([2H])c(-c2c3c([2H])c([2H])c([2H])c([2H])c3c(-c3c([2H])c([2H])c4c(oc5c([2H])c(-c6c([2H])c([2H])c([2H])c7c([2H])c([2H])c([2H])c([2H])c67)c([2H])c([2H])c54)c3[2H])c3c([2H])c([2H])c([2H])c([2H])c23)c([2H])c1[2H]. The van der Waals surface area contributed by atoms with Crippen LogP contribution in [0.2, 0.25) is 0 Å². The van der Waals surface area contributed by atoms with E-state index in [1.54, 1.807) is 0 Å². The molecule has 15 aromatic carbocycles. The summed E-state index contributed by atoms with van der Waals surface area (Å²) in [5.74, 6) is 0. The summed E-state index contributed by atoms with van der Waals surface area (Å²) in [7, 11) is 0. The molecule has 0 aliphatic carbocycles. The van der Waals surface area contributed by atoms with E-state index in [0.29, 0.717) is 0 Å². The molecule has 2 nitrogen and oxygen atoms in total. The topological polar surface area (TPSA) is 26.3 Å². The average molecular weight is 1090 g/mol. The van der Waals surface area contributed by atoms with E-state index in [2.05, 4.69) is 0 Å². The van der Waals surface area contributed by atoms with Gasteiger partial charge in [0.2, 0.25) is 0 Å². The Balaban J connectivity index is 0.000000193. The monoisotopic (exact) mass is 1090 g/mol. The smallest absolute Gasteiger partial charge is 0.136 e. The number of furan rings is 2. The second-order valence-corrected chi connectivity index (χ2v) is 17.5. The lowest BCUT2D eigenvalue weighted by Crippen LogP contribution is -1.90. The van der Waals surface area contributed by atoms with Crippen molar-refractivity contribution in [2.75, 3.05) is 0 Å². The molecule has 0 saturated heterocycles. The summed E-state index contributed by atoms with van der Waals surface area (Å²) >= 11 is 0. The van der Waals surface area contributed by atoms with Gasteiger partial charge in [0.1, 0.15) is 22.3 Å².